The van der Waals surface area contributed by atoms with Crippen molar-refractivity contribution in [2.75, 3.05) is 37.7 Å². The molecule has 2 rings (SSSR count). The van der Waals surface area contributed by atoms with Crippen LogP contribution in [0.3, 0.4) is 0 Å². The standard InChI is InChI=1S/C14H20N4O2S/c1-3-20-14(19)18-8-6-17(7-9-18)13-11(12(15)21)5-4-10(2)16-13/h4-5H,3,6-9H2,1-2H3,(H2,15,21). The van der Waals surface area contributed by atoms with Gasteiger partial charge in [-0.15, -0.1) is 0 Å². The summed E-state index contributed by atoms with van der Waals surface area (Å²) < 4.78 is 5.02. The molecule has 6 nitrogen and oxygen atoms in total. The number of nitrogens with zero attached hydrogens (tertiary/aromatic N) is 3. The van der Waals surface area contributed by atoms with Gasteiger partial charge in [0.1, 0.15) is 10.8 Å². The second-order valence-corrected chi connectivity index (χ2v) is 5.30. The number of amides is 1. The minimum absolute atomic E-state index is 0.260. The molecule has 0 unspecified atom stereocenters. The van der Waals surface area contributed by atoms with Crippen molar-refractivity contribution >= 4 is 29.1 Å². The first-order valence-electron chi connectivity index (χ1n) is 6.97. The number of hydrogen-bond donors (Lipinski definition) is 1. The summed E-state index contributed by atoms with van der Waals surface area (Å²) in [7, 11) is 0. The van der Waals surface area contributed by atoms with Gasteiger partial charge in [-0.25, -0.2) is 9.78 Å². The highest BCUT2D eigenvalue weighted by Gasteiger charge is 2.24. The quantitative estimate of drug-likeness (QED) is 0.849. The van der Waals surface area contributed by atoms with Gasteiger partial charge in [-0.2, -0.15) is 0 Å². The van der Waals surface area contributed by atoms with Crippen molar-refractivity contribution < 1.29 is 9.53 Å². The van der Waals surface area contributed by atoms with Gasteiger partial charge in [0.15, 0.2) is 0 Å². The summed E-state index contributed by atoms with van der Waals surface area (Å²) in [6.07, 6.45) is -0.260. The van der Waals surface area contributed by atoms with E-state index in [-0.39, 0.29) is 6.09 Å². The molecule has 7 heteroatoms. The topological polar surface area (TPSA) is 71.7 Å². The van der Waals surface area contributed by atoms with Crippen LogP contribution >= 0.6 is 12.2 Å². The number of thiocarbonyl (C=S) groups is 1. The molecule has 1 amide bonds. The van der Waals surface area contributed by atoms with E-state index in [9.17, 15) is 4.79 Å². The molecule has 0 aromatic carbocycles. The van der Waals surface area contributed by atoms with E-state index in [0.29, 0.717) is 37.8 Å². The SMILES string of the molecule is CCOC(=O)N1CCN(c2nc(C)ccc2C(N)=S)CC1. The molecular weight excluding hydrogens is 288 g/mol. The number of carbonyl (C=O) groups excluding carboxylic acids is 1. The number of hydrogen-bond acceptors (Lipinski definition) is 5. The molecule has 1 fully saturated rings. The van der Waals surface area contributed by atoms with Crippen molar-refractivity contribution in [3.63, 3.8) is 0 Å². The lowest BCUT2D eigenvalue weighted by Crippen LogP contribution is -2.49. The molecule has 21 heavy (non-hydrogen) atoms. The third-order valence-corrected chi connectivity index (χ3v) is 3.60. The van der Waals surface area contributed by atoms with Crippen LogP contribution in [-0.4, -0.2) is 53.8 Å². The van der Waals surface area contributed by atoms with E-state index in [4.69, 9.17) is 22.7 Å². The van der Waals surface area contributed by atoms with Crippen LogP contribution in [0.25, 0.3) is 0 Å². The predicted octanol–water partition coefficient (Wildman–Crippen LogP) is 1.30. The molecule has 114 valence electrons. The largest absolute Gasteiger partial charge is 0.450 e. The van der Waals surface area contributed by atoms with Crippen LogP contribution in [-0.2, 0) is 4.74 Å². The normalized spacial score (nSPS) is 15.0. The maximum absolute atomic E-state index is 11.7. The van der Waals surface area contributed by atoms with Crippen LogP contribution in [0.5, 0.6) is 0 Å². The maximum atomic E-state index is 11.7. The summed E-state index contributed by atoms with van der Waals surface area (Å²) in [5.41, 5.74) is 7.46. The number of carbonyl (C=O) groups is 1. The van der Waals surface area contributed by atoms with Crippen LogP contribution in [0.1, 0.15) is 18.2 Å². The second-order valence-electron chi connectivity index (χ2n) is 4.86. The average molecular weight is 308 g/mol. The number of anilines is 1. The minimum atomic E-state index is -0.260. The molecule has 1 aromatic heterocycles. The number of nitrogens with two attached hydrogens (primary N) is 1. The predicted molar refractivity (Wildman–Crippen MR) is 85.7 cm³/mol. The third kappa shape index (κ3) is 3.60. The number of aryl methyl sites for hydroxylation is 1. The molecule has 0 radical (unpaired) electrons. The average Bonchev–Trinajstić information content (AvgIpc) is 2.47. The monoisotopic (exact) mass is 308 g/mol. The van der Waals surface area contributed by atoms with Gasteiger partial charge >= 0.3 is 6.09 Å². The number of aromatic nitrogens is 1. The Balaban J connectivity index is 2.10. The van der Waals surface area contributed by atoms with Crippen molar-refractivity contribution in [3.05, 3.63) is 23.4 Å². The van der Waals surface area contributed by atoms with Crippen molar-refractivity contribution in [2.45, 2.75) is 13.8 Å². The molecule has 1 aliphatic heterocycles. The van der Waals surface area contributed by atoms with Crippen molar-refractivity contribution in [3.8, 4) is 0 Å². The molecular formula is C14H20N4O2S. The fourth-order valence-corrected chi connectivity index (χ4v) is 2.45. The molecule has 0 spiro atoms. The highest BCUT2D eigenvalue weighted by molar-refractivity contribution is 7.80. The first-order chi connectivity index (χ1) is 10.0. The summed E-state index contributed by atoms with van der Waals surface area (Å²) in [5, 5.41) is 0. The highest BCUT2D eigenvalue weighted by Crippen LogP contribution is 2.20. The number of ether oxygens (including phenoxy) is 1. The summed E-state index contributed by atoms with van der Waals surface area (Å²) in [5.74, 6) is 0.797. The van der Waals surface area contributed by atoms with Crippen LogP contribution in [0.2, 0.25) is 0 Å². The Kier molecular flexibility index (Phi) is 4.95. The lowest BCUT2D eigenvalue weighted by Gasteiger charge is -2.35. The lowest BCUT2D eigenvalue weighted by molar-refractivity contribution is 0.105. The van der Waals surface area contributed by atoms with Crippen LogP contribution in [0.15, 0.2) is 12.1 Å². The maximum Gasteiger partial charge on any atom is 0.409 e. The first kappa shape index (κ1) is 15.5. The fourth-order valence-electron chi connectivity index (χ4n) is 2.29. The van der Waals surface area contributed by atoms with Crippen LogP contribution < -0.4 is 10.6 Å². The Labute approximate surface area is 129 Å². The van der Waals surface area contributed by atoms with E-state index in [1.54, 1.807) is 11.8 Å². The van der Waals surface area contributed by atoms with Crippen molar-refractivity contribution in [1.82, 2.24) is 9.88 Å². The molecule has 1 aliphatic rings. The first-order valence-corrected chi connectivity index (χ1v) is 7.38. The molecule has 1 saturated heterocycles. The Morgan fingerprint density at radius 2 is 2.05 bits per heavy atom. The summed E-state index contributed by atoms with van der Waals surface area (Å²) in [6.45, 7) is 6.71. The zero-order valence-corrected chi connectivity index (χ0v) is 13.2. The Bertz CT molecular complexity index is 542. The van der Waals surface area contributed by atoms with E-state index < -0.39 is 0 Å². The third-order valence-electron chi connectivity index (χ3n) is 3.39. The van der Waals surface area contributed by atoms with Crippen molar-refractivity contribution in [1.29, 1.82) is 0 Å². The van der Waals surface area contributed by atoms with Gasteiger partial charge in [0.25, 0.3) is 0 Å². The van der Waals surface area contributed by atoms with Crippen LogP contribution in [0.4, 0.5) is 10.6 Å². The van der Waals surface area contributed by atoms with Gasteiger partial charge in [0.2, 0.25) is 0 Å². The summed E-state index contributed by atoms with van der Waals surface area (Å²) >= 11 is 5.09. The van der Waals surface area contributed by atoms with Gasteiger partial charge in [-0.05, 0) is 26.0 Å². The zero-order chi connectivity index (χ0) is 15.4. The van der Waals surface area contributed by atoms with E-state index in [1.165, 1.54) is 0 Å². The van der Waals surface area contributed by atoms with E-state index in [0.717, 1.165) is 17.1 Å². The fraction of sp³-hybridized carbons (Fsp3) is 0.500. The van der Waals surface area contributed by atoms with E-state index >= 15 is 0 Å². The zero-order valence-electron chi connectivity index (χ0n) is 12.3. The highest BCUT2D eigenvalue weighted by atomic mass is 32.1. The van der Waals surface area contributed by atoms with E-state index in [2.05, 4.69) is 9.88 Å². The molecule has 2 N–H and O–H groups in total. The summed E-state index contributed by atoms with van der Waals surface area (Å²) in [4.78, 5) is 20.4. The van der Waals surface area contributed by atoms with Gasteiger partial charge in [-0.3, -0.25) is 0 Å². The number of pyridine rings is 1. The second kappa shape index (κ2) is 6.71. The van der Waals surface area contributed by atoms with E-state index in [1.807, 2.05) is 19.1 Å². The molecule has 0 atom stereocenters. The van der Waals surface area contributed by atoms with Gasteiger partial charge in [-0.1, -0.05) is 12.2 Å². The van der Waals surface area contributed by atoms with Crippen molar-refractivity contribution in [2.24, 2.45) is 5.73 Å². The molecule has 0 bridgehead atoms. The Hall–Kier alpha value is -1.89. The molecule has 0 saturated carbocycles. The Morgan fingerprint density at radius 3 is 2.62 bits per heavy atom. The lowest BCUT2D eigenvalue weighted by atomic mass is 10.2. The van der Waals surface area contributed by atoms with Gasteiger partial charge in [0, 0.05) is 31.9 Å². The number of rotatable bonds is 3. The van der Waals surface area contributed by atoms with Gasteiger partial charge in [0.05, 0.1) is 12.2 Å². The summed E-state index contributed by atoms with van der Waals surface area (Å²) in [6, 6.07) is 3.80. The van der Waals surface area contributed by atoms with Gasteiger partial charge < -0.3 is 20.3 Å². The smallest absolute Gasteiger partial charge is 0.409 e. The van der Waals surface area contributed by atoms with Crippen LogP contribution in [0, 0.1) is 6.92 Å². The minimum Gasteiger partial charge on any atom is -0.450 e. The molecule has 1 aromatic rings. The molecule has 0 aliphatic carbocycles. The Morgan fingerprint density at radius 1 is 1.38 bits per heavy atom. The number of piperazine rings is 1. The molecule has 2 heterocycles.